The topological polar surface area (TPSA) is 78.4 Å². The van der Waals surface area contributed by atoms with Crippen molar-refractivity contribution in [2.45, 2.75) is 31.6 Å². The van der Waals surface area contributed by atoms with Crippen molar-refractivity contribution >= 4 is 11.8 Å². The minimum absolute atomic E-state index is 0.105. The highest BCUT2D eigenvalue weighted by Crippen LogP contribution is 2.31. The molecule has 4 nitrogen and oxygen atoms in total. The molecule has 0 N–H and O–H groups in total. The highest BCUT2D eigenvalue weighted by Gasteiger charge is 2.22. The van der Waals surface area contributed by atoms with Crippen LogP contribution >= 0.6 is 11.8 Å². The second kappa shape index (κ2) is 6.47. The summed E-state index contributed by atoms with van der Waals surface area (Å²) in [6.45, 7) is 3.98. The molecule has 0 atom stereocenters. The van der Waals surface area contributed by atoms with Gasteiger partial charge in [-0.3, -0.25) is 0 Å². The van der Waals surface area contributed by atoms with E-state index in [1.807, 2.05) is 13.0 Å². The van der Waals surface area contributed by atoms with Gasteiger partial charge in [0.05, 0.1) is 4.90 Å². The van der Waals surface area contributed by atoms with Crippen LogP contribution in [0.3, 0.4) is 0 Å². The Morgan fingerprint density at radius 2 is 2.00 bits per heavy atom. The summed E-state index contributed by atoms with van der Waals surface area (Å²) in [7, 11) is -4.43. The second-order valence-corrected chi connectivity index (χ2v) is 5.65. The van der Waals surface area contributed by atoms with Crippen LogP contribution in [0.2, 0.25) is 0 Å². The minimum atomic E-state index is -4.43. The largest absolute Gasteiger partial charge is 0.301 e. The Kier molecular flexibility index (Phi) is 5.55. The third-order valence-corrected chi connectivity index (χ3v) is 3.51. The summed E-state index contributed by atoms with van der Waals surface area (Å²) in [4.78, 5) is 0.686. The van der Waals surface area contributed by atoms with E-state index in [0.717, 1.165) is 24.2 Å². The van der Waals surface area contributed by atoms with Gasteiger partial charge in [-0.15, -0.1) is 11.8 Å². The van der Waals surface area contributed by atoms with Gasteiger partial charge in [0.2, 0.25) is 0 Å². The van der Waals surface area contributed by atoms with E-state index in [1.54, 1.807) is 6.07 Å². The smallest absolute Gasteiger partial charge is 0.167 e. The van der Waals surface area contributed by atoms with Crippen LogP contribution < -0.4 is 18.3 Å². The molecule has 96 valence electrons. The lowest BCUT2D eigenvalue weighted by molar-refractivity contribution is -1.91. The highest BCUT2D eigenvalue weighted by atomic mass is 35.7. The van der Waals surface area contributed by atoms with Crippen LogP contribution in [-0.4, -0.2) is 5.75 Å². The molecule has 0 saturated carbocycles. The molecule has 6 heteroatoms. The molecule has 0 spiro atoms. The standard InChI is InChI=1S/C11H15ClO4S/c1-3-4-7-17-11-8-9(2)5-6-10(11)16-12(13,14)15/h5-6,8H,3-4,7H2,1-2H3. The van der Waals surface area contributed by atoms with Crippen LogP contribution in [0.1, 0.15) is 25.3 Å². The predicted molar refractivity (Wildman–Crippen MR) is 57.4 cm³/mol. The summed E-state index contributed by atoms with van der Waals surface area (Å²) in [6.07, 6.45) is 2.09. The summed E-state index contributed by atoms with van der Waals surface area (Å²) >= 11 is 1.49. The van der Waals surface area contributed by atoms with Crippen molar-refractivity contribution in [3.8, 4) is 5.75 Å². The van der Waals surface area contributed by atoms with Gasteiger partial charge in [-0.25, -0.2) is 0 Å². The lowest BCUT2D eigenvalue weighted by atomic mass is 10.2. The monoisotopic (exact) mass is 278 g/mol. The average molecular weight is 279 g/mol. The molecule has 0 radical (unpaired) electrons. The third kappa shape index (κ3) is 5.61. The van der Waals surface area contributed by atoms with Gasteiger partial charge in [0.25, 0.3) is 0 Å². The second-order valence-electron chi connectivity index (χ2n) is 3.61. The molecule has 1 rings (SSSR count). The van der Waals surface area contributed by atoms with Crippen molar-refractivity contribution in [1.29, 1.82) is 0 Å². The molecule has 0 aliphatic heterocycles. The Morgan fingerprint density at radius 1 is 1.29 bits per heavy atom. The number of unbranched alkanes of at least 4 members (excludes halogenated alkanes) is 1. The molecule has 0 fully saturated rings. The van der Waals surface area contributed by atoms with Crippen molar-refractivity contribution in [2.24, 2.45) is 0 Å². The number of hydrogen-bond donors (Lipinski definition) is 0. The summed E-state index contributed by atoms with van der Waals surface area (Å²) in [5.41, 5.74) is 0.997. The van der Waals surface area contributed by atoms with Crippen molar-refractivity contribution < 1.29 is 28.5 Å². The molecule has 0 unspecified atom stereocenters. The molecule has 1 aromatic rings. The lowest BCUT2D eigenvalue weighted by Crippen LogP contribution is -2.63. The van der Waals surface area contributed by atoms with Crippen LogP contribution in [0.15, 0.2) is 23.1 Å². The number of hydrogen-bond acceptors (Lipinski definition) is 5. The van der Waals surface area contributed by atoms with Crippen molar-refractivity contribution in [1.82, 2.24) is 0 Å². The SMILES string of the molecule is CCCCSc1cc(C)ccc1O[Cl+3]([O-])([O-])[O-]. The highest BCUT2D eigenvalue weighted by molar-refractivity contribution is 7.99. The Morgan fingerprint density at radius 3 is 2.59 bits per heavy atom. The first-order valence-corrected chi connectivity index (χ1v) is 7.48. The normalized spacial score (nSPS) is 11.6. The fraction of sp³-hybridized carbons (Fsp3) is 0.455. The molecule has 0 heterocycles. The van der Waals surface area contributed by atoms with Crippen molar-refractivity contribution in [2.75, 3.05) is 5.75 Å². The maximum absolute atomic E-state index is 10.6. The van der Waals surface area contributed by atoms with E-state index in [4.69, 9.17) is 0 Å². The van der Waals surface area contributed by atoms with E-state index >= 15 is 0 Å². The number of rotatable bonds is 6. The Balaban J connectivity index is 2.80. The van der Waals surface area contributed by atoms with E-state index in [9.17, 15) is 14.0 Å². The fourth-order valence-electron chi connectivity index (χ4n) is 1.22. The zero-order valence-corrected chi connectivity index (χ0v) is 11.3. The Bertz CT molecular complexity index is 365. The first kappa shape index (κ1) is 14.6. The zero-order chi connectivity index (χ0) is 12.9. The van der Waals surface area contributed by atoms with E-state index in [0.29, 0.717) is 4.90 Å². The van der Waals surface area contributed by atoms with Gasteiger partial charge in [0.1, 0.15) is 10.2 Å². The van der Waals surface area contributed by atoms with E-state index in [-0.39, 0.29) is 5.75 Å². The van der Waals surface area contributed by atoms with Gasteiger partial charge in [-0.2, -0.15) is 14.0 Å². The van der Waals surface area contributed by atoms with Crippen LogP contribution in [0.25, 0.3) is 0 Å². The lowest BCUT2D eigenvalue weighted by Gasteiger charge is -2.14. The van der Waals surface area contributed by atoms with Crippen molar-refractivity contribution in [3.05, 3.63) is 23.8 Å². The summed E-state index contributed by atoms with van der Waals surface area (Å²) < 4.78 is 36.0. The van der Waals surface area contributed by atoms with Gasteiger partial charge >= 0.3 is 5.75 Å². The van der Waals surface area contributed by atoms with E-state index < -0.39 is 10.2 Å². The van der Waals surface area contributed by atoms with Crippen LogP contribution in [0.4, 0.5) is 0 Å². The first-order valence-electron chi connectivity index (χ1n) is 5.26. The van der Waals surface area contributed by atoms with Gasteiger partial charge in [-0.05, 0) is 36.8 Å². The third-order valence-electron chi connectivity index (χ3n) is 2.03. The molecular formula is C11H15ClO4S. The maximum atomic E-state index is 10.6. The first-order chi connectivity index (χ1) is 7.92. The van der Waals surface area contributed by atoms with E-state index in [1.165, 1.54) is 17.8 Å². The number of aryl methyl sites for hydroxylation is 1. The fourth-order valence-corrected chi connectivity index (χ4v) is 2.78. The van der Waals surface area contributed by atoms with Crippen molar-refractivity contribution in [3.63, 3.8) is 0 Å². The summed E-state index contributed by atoms with van der Waals surface area (Å²) in [5.74, 6) is 0.972. The van der Waals surface area contributed by atoms with Crippen LogP contribution in [-0.2, 0) is 0 Å². The average Bonchev–Trinajstić information content (AvgIpc) is 2.20. The minimum Gasteiger partial charge on any atom is -0.167 e. The van der Waals surface area contributed by atoms with Crippen LogP contribution in [0, 0.1) is 17.2 Å². The summed E-state index contributed by atoms with van der Waals surface area (Å²) in [5, 5.41) is 0. The van der Waals surface area contributed by atoms with E-state index in [2.05, 4.69) is 11.2 Å². The molecule has 0 saturated heterocycles. The predicted octanol–water partition coefficient (Wildman–Crippen LogP) is 0.163. The molecule has 17 heavy (non-hydrogen) atoms. The summed E-state index contributed by atoms with van der Waals surface area (Å²) in [6, 6.07) is 5.03. The Hall–Kier alpha value is -0.460. The Labute approximate surface area is 107 Å². The molecule has 0 amide bonds. The maximum Gasteiger partial charge on any atom is 0.301 e. The quantitative estimate of drug-likeness (QED) is 0.547. The molecule has 0 aromatic heterocycles. The van der Waals surface area contributed by atoms with Gasteiger partial charge in [0.15, 0.2) is 0 Å². The molecule has 1 aromatic carbocycles. The number of thioether (sulfide) groups is 1. The van der Waals surface area contributed by atoms with Gasteiger partial charge in [0, 0.05) is 0 Å². The molecule has 0 aliphatic carbocycles. The van der Waals surface area contributed by atoms with Gasteiger partial charge in [-0.1, -0.05) is 23.7 Å². The number of benzene rings is 1. The molecule has 0 aliphatic rings. The molecular weight excluding hydrogens is 264 g/mol. The van der Waals surface area contributed by atoms with Gasteiger partial charge < -0.3 is 0 Å². The zero-order valence-electron chi connectivity index (χ0n) is 9.77. The molecule has 0 bridgehead atoms. The number of halogens is 1. The van der Waals surface area contributed by atoms with Crippen LogP contribution in [0.5, 0.6) is 5.75 Å².